The molecule has 1 aliphatic carbocycles. The molecule has 0 saturated carbocycles. The Kier molecular flexibility index (Phi) is 4.84. The van der Waals surface area contributed by atoms with E-state index in [2.05, 4.69) is 15.9 Å². The zero-order valence-corrected chi connectivity index (χ0v) is 16.6. The molecule has 0 aromatic heterocycles. The van der Waals surface area contributed by atoms with Gasteiger partial charge in [-0.1, -0.05) is 23.7 Å². The van der Waals surface area contributed by atoms with Gasteiger partial charge in [0.15, 0.2) is 0 Å². The number of esters is 1. The van der Waals surface area contributed by atoms with Gasteiger partial charge in [0.2, 0.25) is 0 Å². The van der Waals surface area contributed by atoms with Crippen LogP contribution in [-0.2, 0) is 16.0 Å². The molecule has 0 N–H and O–H groups in total. The third kappa shape index (κ3) is 3.19. The summed E-state index contributed by atoms with van der Waals surface area (Å²) in [5, 5.41) is 0.729. The van der Waals surface area contributed by atoms with E-state index >= 15 is 0 Å². The van der Waals surface area contributed by atoms with Crippen LogP contribution in [0.2, 0.25) is 5.02 Å². The highest BCUT2D eigenvalue weighted by atomic mass is 79.9. The summed E-state index contributed by atoms with van der Waals surface area (Å²) in [5.74, 6) is 1.37. The topological polar surface area (TPSA) is 44.8 Å². The van der Waals surface area contributed by atoms with Gasteiger partial charge >= 0.3 is 5.97 Å². The van der Waals surface area contributed by atoms with Crippen molar-refractivity contribution >= 4 is 33.5 Å². The lowest BCUT2D eigenvalue weighted by molar-refractivity contribution is -0.141. The maximum absolute atomic E-state index is 11.5. The first-order valence-corrected chi connectivity index (χ1v) is 9.71. The van der Waals surface area contributed by atoms with Crippen LogP contribution < -0.4 is 9.47 Å². The lowest BCUT2D eigenvalue weighted by atomic mass is 9.98. The van der Waals surface area contributed by atoms with Crippen LogP contribution >= 0.6 is 27.5 Å². The fraction of sp³-hybridized carbons (Fsp3) is 0.350. The monoisotopic (exact) mass is 436 g/mol. The number of hydrogen-bond donors (Lipinski definition) is 0. The Morgan fingerprint density at radius 3 is 2.92 bits per heavy atom. The third-order valence-corrected chi connectivity index (χ3v) is 6.47. The van der Waals surface area contributed by atoms with Crippen molar-refractivity contribution in [1.29, 1.82) is 0 Å². The first-order valence-electron chi connectivity index (χ1n) is 8.54. The summed E-state index contributed by atoms with van der Waals surface area (Å²) in [7, 11) is 1.40. The van der Waals surface area contributed by atoms with Gasteiger partial charge in [0.1, 0.15) is 17.6 Å². The van der Waals surface area contributed by atoms with Gasteiger partial charge in [-0.15, -0.1) is 0 Å². The molecule has 0 fully saturated rings. The highest BCUT2D eigenvalue weighted by molar-refractivity contribution is 9.10. The summed E-state index contributed by atoms with van der Waals surface area (Å²) >= 11 is 9.76. The first kappa shape index (κ1) is 17.7. The molecule has 1 unspecified atom stereocenters. The molecule has 0 bridgehead atoms. The summed E-state index contributed by atoms with van der Waals surface area (Å²) in [6.45, 7) is 0.492. The van der Waals surface area contributed by atoms with Crippen molar-refractivity contribution in [3.05, 3.63) is 56.5 Å². The molecule has 1 heterocycles. The highest BCUT2D eigenvalue weighted by Gasteiger charge is 2.29. The molecule has 0 radical (unpaired) electrons. The summed E-state index contributed by atoms with van der Waals surface area (Å²) < 4.78 is 17.7. The molecule has 6 heteroatoms. The largest absolute Gasteiger partial charge is 0.492 e. The molecule has 0 amide bonds. The summed E-state index contributed by atoms with van der Waals surface area (Å²) in [5.41, 5.74) is 3.42. The Labute approximate surface area is 165 Å². The van der Waals surface area contributed by atoms with E-state index in [4.69, 9.17) is 25.8 Å². The number of fused-ring (bicyclic) bond motifs is 2. The number of carbonyl (C=O) groups is 1. The lowest BCUT2D eigenvalue weighted by Crippen LogP contribution is -2.09. The highest BCUT2D eigenvalue weighted by Crippen LogP contribution is 2.43. The van der Waals surface area contributed by atoms with Crippen molar-refractivity contribution < 1.29 is 19.0 Å². The smallest absolute Gasteiger partial charge is 0.306 e. The average Bonchev–Trinajstić information content (AvgIpc) is 3.23. The molecule has 0 spiro atoms. The summed E-state index contributed by atoms with van der Waals surface area (Å²) in [6.07, 6.45) is 2.18. The van der Waals surface area contributed by atoms with E-state index in [1.165, 1.54) is 18.2 Å². The molecular formula is C20H18BrClO4. The van der Waals surface area contributed by atoms with Crippen LogP contribution in [0.1, 0.15) is 41.6 Å². The van der Waals surface area contributed by atoms with Crippen LogP contribution in [0.3, 0.4) is 0 Å². The van der Waals surface area contributed by atoms with E-state index in [9.17, 15) is 4.79 Å². The van der Waals surface area contributed by atoms with Gasteiger partial charge in [-0.25, -0.2) is 0 Å². The quantitative estimate of drug-likeness (QED) is 0.616. The van der Waals surface area contributed by atoms with Gasteiger partial charge in [-0.2, -0.15) is 0 Å². The standard InChI is InChI=1S/C20H18BrClO4/c1-24-19(23)8-11-10-25-18-9-12(2-3-13(11)18)26-17-7-5-15-14(17)4-6-16(22)20(15)21/h2-4,6,9,11,17H,5,7-8,10H2,1H3/t11?,17-/m1/s1. The van der Waals surface area contributed by atoms with Gasteiger partial charge in [0.05, 0.1) is 25.2 Å². The number of methoxy groups -OCH3 is 1. The van der Waals surface area contributed by atoms with E-state index in [-0.39, 0.29) is 18.0 Å². The maximum atomic E-state index is 11.5. The first-order chi connectivity index (χ1) is 12.6. The van der Waals surface area contributed by atoms with Crippen LogP contribution in [-0.4, -0.2) is 19.7 Å². The lowest BCUT2D eigenvalue weighted by Gasteiger charge is -2.16. The Morgan fingerprint density at radius 2 is 2.12 bits per heavy atom. The second-order valence-electron chi connectivity index (χ2n) is 6.56. The predicted molar refractivity (Wildman–Crippen MR) is 102 cm³/mol. The second kappa shape index (κ2) is 7.12. The molecule has 1 aliphatic heterocycles. The van der Waals surface area contributed by atoms with Crippen LogP contribution in [0.4, 0.5) is 0 Å². The fourth-order valence-electron chi connectivity index (χ4n) is 3.66. The molecule has 2 aromatic carbocycles. The molecule has 2 aliphatic rings. The summed E-state index contributed by atoms with van der Waals surface area (Å²) in [6, 6.07) is 9.78. The number of halogens is 2. The molecule has 2 atom stereocenters. The molecular weight excluding hydrogens is 420 g/mol. The van der Waals surface area contributed by atoms with E-state index < -0.39 is 0 Å². The van der Waals surface area contributed by atoms with Crippen molar-refractivity contribution in [2.24, 2.45) is 0 Å². The number of hydrogen-bond acceptors (Lipinski definition) is 4. The van der Waals surface area contributed by atoms with Gasteiger partial charge < -0.3 is 14.2 Å². The minimum Gasteiger partial charge on any atom is -0.492 e. The van der Waals surface area contributed by atoms with E-state index in [1.54, 1.807) is 0 Å². The van der Waals surface area contributed by atoms with Crippen molar-refractivity contribution in [1.82, 2.24) is 0 Å². The average molecular weight is 438 g/mol. The number of benzene rings is 2. The molecule has 2 aromatic rings. The fourth-order valence-corrected chi connectivity index (χ4v) is 4.40. The number of ether oxygens (including phenoxy) is 3. The van der Waals surface area contributed by atoms with Crippen molar-refractivity contribution in [3.8, 4) is 11.5 Å². The van der Waals surface area contributed by atoms with E-state index in [1.807, 2.05) is 30.3 Å². The van der Waals surface area contributed by atoms with Crippen molar-refractivity contribution in [2.45, 2.75) is 31.3 Å². The van der Waals surface area contributed by atoms with E-state index in [0.29, 0.717) is 13.0 Å². The van der Waals surface area contributed by atoms with Gasteiger partial charge in [-0.05, 0) is 52.0 Å². The van der Waals surface area contributed by atoms with Gasteiger partial charge in [-0.3, -0.25) is 4.79 Å². The molecule has 26 heavy (non-hydrogen) atoms. The number of carbonyl (C=O) groups excluding carboxylic acids is 1. The van der Waals surface area contributed by atoms with Crippen LogP contribution in [0, 0.1) is 0 Å². The zero-order chi connectivity index (χ0) is 18.3. The molecule has 136 valence electrons. The number of rotatable bonds is 4. The Morgan fingerprint density at radius 1 is 1.31 bits per heavy atom. The van der Waals surface area contributed by atoms with Gasteiger partial charge in [0, 0.05) is 22.0 Å². The second-order valence-corrected chi connectivity index (χ2v) is 7.76. The molecule has 0 saturated heterocycles. The minimum absolute atomic E-state index is 0.00360. The predicted octanol–water partition coefficient (Wildman–Crippen LogP) is 5.21. The Hall–Kier alpha value is -1.72. The molecule has 4 rings (SSSR count). The normalized spacial score (nSPS) is 20.3. The SMILES string of the molecule is COC(=O)CC1COc2cc(O[C@@H]3CCc4c3ccc(Cl)c4Br)ccc21. The van der Waals surface area contributed by atoms with Crippen LogP contribution in [0.25, 0.3) is 0 Å². The Bertz CT molecular complexity index is 867. The zero-order valence-electron chi connectivity index (χ0n) is 14.3. The van der Waals surface area contributed by atoms with Gasteiger partial charge in [0.25, 0.3) is 0 Å². The Balaban J connectivity index is 1.52. The maximum Gasteiger partial charge on any atom is 0.306 e. The van der Waals surface area contributed by atoms with Crippen molar-refractivity contribution in [3.63, 3.8) is 0 Å². The summed E-state index contributed by atoms with van der Waals surface area (Å²) in [4.78, 5) is 11.5. The van der Waals surface area contributed by atoms with Crippen molar-refractivity contribution in [2.75, 3.05) is 13.7 Å². The van der Waals surface area contributed by atoms with Crippen LogP contribution in [0.5, 0.6) is 11.5 Å². The third-order valence-electron chi connectivity index (χ3n) is 5.02. The van der Waals surface area contributed by atoms with E-state index in [0.717, 1.165) is 39.4 Å². The van der Waals surface area contributed by atoms with Crippen LogP contribution in [0.15, 0.2) is 34.8 Å². The minimum atomic E-state index is -0.224. The molecule has 4 nitrogen and oxygen atoms in total.